The van der Waals surface area contributed by atoms with Gasteiger partial charge in [0, 0.05) is 37.8 Å². The normalized spacial score (nSPS) is 21.5. The molecule has 2 saturated heterocycles. The second kappa shape index (κ2) is 6.53. The van der Waals surface area contributed by atoms with Crippen LogP contribution in [0.5, 0.6) is 0 Å². The van der Waals surface area contributed by atoms with Crippen LogP contribution in [0.3, 0.4) is 0 Å². The number of fused-ring (bicyclic) bond motifs is 1. The Kier molecular flexibility index (Phi) is 4.24. The average Bonchev–Trinajstić information content (AvgIpc) is 3.15. The molecule has 0 bridgehead atoms. The number of halogens is 1. The van der Waals surface area contributed by atoms with E-state index < -0.39 is 0 Å². The zero-order valence-electron chi connectivity index (χ0n) is 13.3. The van der Waals surface area contributed by atoms with E-state index in [0.717, 1.165) is 42.8 Å². The minimum Gasteiger partial charge on any atom is -0.368 e. The van der Waals surface area contributed by atoms with Crippen molar-refractivity contribution < 1.29 is 9.53 Å². The fourth-order valence-electron chi connectivity index (χ4n) is 3.26. The summed E-state index contributed by atoms with van der Waals surface area (Å²) in [6.07, 6.45) is 3.36. The first kappa shape index (κ1) is 15.6. The van der Waals surface area contributed by atoms with Gasteiger partial charge >= 0.3 is 0 Å². The Balaban J connectivity index is 1.43. The lowest BCUT2D eigenvalue weighted by molar-refractivity contribution is -0.141. The maximum Gasteiger partial charge on any atom is 0.251 e. The molecule has 126 valence electrons. The molecule has 0 aliphatic carbocycles. The molecule has 1 aromatic carbocycles. The highest BCUT2D eigenvalue weighted by atomic mass is 35.5. The van der Waals surface area contributed by atoms with Crippen LogP contribution in [0, 0.1) is 0 Å². The van der Waals surface area contributed by atoms with Crippen molar-refractivity contribution in [2.45, 2.75) is 18.9 Å². The summed E-state index contributed by atoms with van der Waals surface area (Å²) in [6.45, 7) is 3.60. The minimum atomic E-state index is -0.234. The highest BCUT2D eigenvalue weighted by Crippen LogP contribution is 2.21. The maximum absolute atomic E-state index is 12.4. The molecular weight excluding hydrogens is 328 g/mol. The quantitative estimate of drug-likeness (QED) is 0.833. The predicted molar refractivity (Wildman–Crippen MR) is 92.3 cm³/mol. The molecule has 24 heavy (non-hydrogen) atoms. The Morgan fingerprint density at radius 1 is 1.21 bits per heavy atom. The van der Waals surface area contributed by atoms with E-state index in [-0.39, 0.29) is 12.0 Å². The Morgan fingerprint density at radius 2 is 2.04 bits per heavy atom. The average molecular weight is 347 g/mol. The number of rotatable bonds is 2. The predicted octanol–water partition coefficient (Wildman–Crippen LogP) is 2.11. The van der Waals surface area contributed by atoms with Crippen molar-refractivity contribution in [3.63, 3.8) is 0 Å². The number of carbonyl (C=O) groups excluding carboxylic acids is 1. The van der Waals surface area contributed by atoms with Crippen LogP contribution in [-0.2, 0) is 9.53 Å². The van der Waals surface area contributed by atoms with E-state index in [4.69, 9.17) is 16.3 Å². The van der Waals surface area contributed by atoms with Crippen LogP contribution >= 0.6 is 11.6 Å². The number of nitrogens with zero attached hydrogens (tertiary/aromatic N) is 4. The smallest absolute Gasteiger partial charge is 0.251 e. The largest absolute Gasteiger partial charge is 0.368 e. The van der Waals surface area contributed by atoms with Crippen LogP contribution in [0.25, 0.3) is 11.0 Å². The van der Waals surface area contributed by atoms with E-state index >= 15 is 0 Å². The van der Waals surface area contributed by atoms with Crippen molar-refractivity contribution in [2.75, 3.05) is 37.7 Å². The van der Waals surface area contributed by atoms with Gasteiger partial charge in [0.05, 0.1) is 17.2 Å². The fraction of sp³-hybridized carbons (Fsp3) is 0.471. The third-order valence-corrected chi connectivity index (χ3v) is 4.85. The summed E-state index contributed by atoms with van der Waals surface area (Å²) in [4.78, 5) is 25.6. The van der Waals surface area contributed by atoms with Gasteiger partial charge in [0.25, 0.3) is 5.91 Å². The first-order chi connectivity index (χ1) is 11.7. The van der Waals surface area contributed by atoms with Crippen LogP contribution in [0.2, 0.25) is 5.02 Å². The number of benzene rings is 1. The van der Waals surface area contributed by atoms with Gasteiger partial charge in [-0.25, -0.2) is 4.98 Å². The lowest BCUT2D eigenvalue weighted by Gasteiger charge is -2.36. The number of anilines is 1. The van der Waals surface area contributed by atoms with Crippen molar-refractivity contribution in [1.29, 1.82) is 0 Å². The molecule has 1 unspecified atom stereocenters. The summed E-state index contributed by atoms with van der Waals surface area (Å²) >= 11 is 5.98. The zero-order chi connectivity index (χ0) is 16.5. The molecule has 4 rings (SSSR count). The molecule has 0 N–H and O–H groups in total. The van der Waals surface area contributed by atoms with Crippen LogP contribution in [0.15, 0.2) is 24.4 Å². The molecule has 1 amide bonds. The Hall–Kier alpha value is -1.92. The highest BCUT2D eigenvalue weighted by molar-refractivity contribution is 6.31. The van der Waals surface area contributed by atoms with E-state index in [1.165, 1.54) is 0 Å². The maximum atomic E-state index is 12.4. The van der Waals surface area contributed by atoms with Gasteiger partial charge < -0.3 is 14.5 Å². The number of piperazine rings is 1. The Morgan fingerprint density at radius 3 is 2.79 bits per heavy atom. The highest BCUT2D eigenvalue weighted by Gasteiger charge is 2.30. The SMILES string of the molecule is O=C(C1CCCO1)N1CCN(c2cnc3cc(Cl)ccc3n2)CC1. The molecule has 0 spiro atoms. The second-order valence-electron chi connectivity index (χ2n) is 6.18. The molecule has 1 atom stereocenters. The van der Waals surface area contributed by atoms with Gasteiger partial charge in [-0.2, -0.15) is 0 Å². The standard InChI is InChI=1S/C17H19ClN4O2/c18-12-3-4-13-14(10-12)19-11-16(20-13)21-5-7-22(8-6-21)17(23)15-2-1-9-24-15/h3-4,10-11,15H,1-2,5-9H2. The first-order valence-corrected chi connectivity index (χ1v) is 8.66. The number of hydrogen-bond donors (Lipinski definition) is 0. The fourth-order valence-corrected chi connectivity index (χ4v) is 3.42. The Bertz CT molecular complexity index is 755. The summed E-state index contributed by atoms with van der Waals surface area (Å²) in [5.74, 6) is 0.973. The van der Waals surface area contributed by atoms with Gasteiger partial charge in [0.15, 0.2) is 0 Å². The summed E-state index contributed by atoms with van der Waals surface area (Å²) in [5, 5.41) is 0.658. The number of carbonyl (C=O) groups is 1. The van der Waals surface area contributed by atoms with E-state index in [2.05, 4.69) is 14.9 Å². The first-order valence-electron chi connectivity index (χ1n) is 8.28. The number of hydrogen-bond acceptors (Lipinski definition) is 5. The van der Waals surface area contributed by atoms with Crippen molar-refractivity contribution in [3.05, 3.63) is 29.4 Å². The van der Waals surface area contributed by atoms with Crippen molar-refractivity contribution in [3.8, 4) is 0 Å². The second-order valence-corrected chi connectivity index (χ2v) is 6.61. The van der Waals surface area contributed by atoms with Gasteiger partial charge in [0.1, 0.15) is 11.9 Å². The lowest BCUT2D eigenvalue weighted by Crippen LogP contribution is -2.51. The molecule has 2 fully saturated rings. The number of ether oxygens (including phenoxy) is 1. The van der Waals surface area contributed by atoms with Crippen LogP contribution in [0.4, 0.5) is 5.82 Å². The zero-order valence-corrected chi connectivity index (χ0v) is 14.1. The molecule has 2 aromatic rings. The topological polar surface area (TPSA) is 58.6 Å². The van der Waals surface area contributed by atoms with Gasteiger partial charge in [-0.15, -0.1) is 0 Å². The summed E-state index contributed by atoms with van der Waals surface area (Å²) < 4.78 is 5.50. The molecule has 2 aliphatic heterocycles. The number of amides is 1. The van der Waals surface area contributed by atoms with Crippen LogP contribution in [-0.4, -0.2) is 59.7 Å². The molecule has 6 nitrogen and oxygen atoms in total. The van der Waals surface area contributed by atoms with E-state index in [1.807, 2.05) is 23.1 Å². The molecule has 2 aliphatic rings. The van der Waals surface area contributed by atoms with Crippen molar-refractivity contribution in [1.82, 2.24) is 14.9 Å². The molecule has 0 saturated carbocycles. The monoisotopic (exact) mass is 346 g/mol. The van der Waals surface area contributed by atoms with E-state index in [9.17, 15) is 4.79 Å². The van der Waals surface area contributed by atoms with E-state index in [0.29, 0.717) is 24.7 Å². The van der Waals surface area contributed by atoms with Gasteiger partial charge in [0.2, 0.25) is 0 Å². The third-order valence-electron chi connectivity index (χ3n) is 4.61. The molecule has 0 radical (unpaired) electrons. The Labute approximate surface area is 145 Å². The number of aromatic nitrogens is 2. The van der Waals surface area contributed by atoms with Crippen molar-refractivity contribution >= 4 is 34.4 Å². The van der Waals surface area contributed by atoms with E-state index in [1.54, 1.807) is 6.20 Å². The minimum absolute atomic E-state index is 0.131. The molecule has 7 heteroatoms. The van der Waals surface area contributed by atoms with Gasteiger partial charge in [-0.05, 0) is 31.0 Å². The molecule has 3 heterocycles. The lowest BCUT2D eigenvalue weighted by atomic mass is 10.2. The van der Waals surface area contributed by atoms with Crippen molar-refractivity contribution in [2.24, 2.45) is 0 Å². The summed E-state index contributed by atoms with van der Waals surface area (Å²) in [6, 6.07) is 5.51. The van der Waals surface area contributed by atoms with Gasteiger partial charge in [-0.3, -0.25) is 9.78 Å². The summed E-state index contributed by atoms with van der Waals surface area (Å²) in [7, 11) is 0. The third kappa shape index (κ3) is 3.03. The van der Waals surface area contributed by atoms with Crippen LogP contribution in [0.1, 0.15) is 12.8 Å². The molecular formula is C17H19ClN4O2. The van der Waals surface area contributed by atoms with Crippen LogP contribution < -0.4 is 4.90 Å². The van der Waals surface area contributed by atoms with Gasteiger partial charge in [-0.1, -0.05) is 11.6 Å². The molecule has 1 aromatic heterocycles. The summed E-state index contributed by atoms with van der Waals surface area (Å²) in [5.41, 5.74) is 1.62.